The summed E-state index contributed by atoms with van der Waals surface area (Å²) < 4.78 is 5.92. The van der Waals surface area contributed by atoms with Gasteiger partial charge in [0.1, 0.15) is 6.33 Å². The van der Waals surface area contributed by atoms with Gasteiger partial charge in [0.2, 0.25) is 5.91 Å². The molecule has 0 aliphatic carbocycles. The summed E-state index contributed by atoms with van der Waals surface area (Å²) in [5, 5.41) is 0. The third-order valence-corrected chi connectivity index (χ3v) is 1.43. The first-order valence-electron chi connectivity index (χ1n) is 3.87. The van der Waals surface area contributed by atoms with Gasteiger partial charge < -0.3 is 4.74 Å². The van der Waals surface area contributed by atoms with Crippen molar-refractivity contribution in [2.24, 2.45) is 0 Å². The van der Waals surface area contributed by atoms with Gasteiger partial charge in [0.05, 0.1) is 6.61 Å². The number of carbonyl (C=O) groups is 2. The second-order valence-corrected chi connectivity index (χ2v) is 2.41. The van der Waals surface area contributed by atoms with Gasteiger partial charge in [-0.05, 0) is 6.92 Å². The fourth-order valence-electron chi connectivity index (χ4n) is 0.805. The first kappa shape index (κ1) is 9.44. The second-order valence-electron chi connectivity index (χ2n) is 2.41. The number of imidazole rings is 1. The predicted octanol–water partition coefficient (Wildman–Crippen LogP) is 0.720. The van der Waals surface area contributed by atoms with Crippen molar-refractivity contribution in [1.29, 1.82) is 0 Å². The van der Waals surface area contributed by atoms with Crippen LogP contribution in [0.2, 0.25) is 0 Å². The van der Waals surface area contributed by atoms with Gasteiger partial charge in [-0.25, -0.2) is 9.78 Å². The summed E-state index contributed by atoms with van der Waals surface area (Å²) in [6, 6.07) is 0. The van der Waals surface area contributed by atoms with Crippen molar-refractivity contribution in [3.63, 3.8) is 0 Å². The normalized spacial score (nSPS) is 9.69. The van der Waals surface area contributed by atoms with Crippen LogP contribution in [0.25, 0.3) is 0 Å². The monoisotopic (exact) mass is 182 g/mol. The topological polar surface area (TPSA) is 61.2 Å². The molecule has 0 atom stereocenters. The standard InChI is InChI=1S/C8H10N2O3/c1-3-13-8(12)7-4-10(5-9-7)6(2)11/h4-5H,3H2,1-2H3. The minimum atomic E-state index is -0.512. The van der Waals surface area contributed by atoms with Gasteiger partial charge in [0.25, 0.3) is 0 Å². The Hall–Kier alpha value is -1.65. The molecule has 5 heteroatoms. The number of hydrogen-bond donors (Lipinski definition) is 0. The van der Waals surface area contributed by atoms with E-state index < -0.39 is 5.97 Å². The molecule has 0 N–H and O–H groups in total. The average Bonchev–Trinajstić information content (AvgIpc) is 2.52. The molecular formula is C8H10N2O3. The van der Waals surface area contributed by atoms with E-state index in [1.54, 1.807) is 6.92 Å². The van der Waals surface area contributed by atoms with Gasteiger partial charge in [-0.1, -0.05) is 0 Å². The molecule has 70 valence electrons. The lowest BCUT2D eigenvalue weighted by Gasteiger charge is -1.95. The smallest absolute Gasteiger partial charge is 0.358 e. The van der Waals surface area contributed by atoms with Crippen LogP contribution in [0.3, 0.4) is 0 Å². The van der Waals surface area contributed by atoms with Gasteiger partial charge in [-0.2, -0.15) is 0 Å². The Morgan fingerprint density at radius 1 is 1.62 bits per heavy atom. The number of nitrogens with zero attached hydrogens (tertiary/aromatic N) is 2. The summed E-state index contributed by atoms with van der Waals surface area (Å²) in [6.45, 7) is 3.39. The van der Waals surface area contributed by atoms with Crippen LogP contribution in [0.15, 0.2) is 12.5 Å². The third-order valence-electron chi connectivity index (χ3n) is 1.43. The molecule has 1 aromatic rings. The number of rotatable bonds is 2. The Balaban J connectivity index is 2.79. The van der Waals surface area contributed by atoms with Gasteiger partial charge in [0, 0.05) is 13.1 Å². The fourth-order valence-corrected chi connectivity index (χ4v) is 0.805. The van der Waals surface area contributed by atoms with Crippen molar-refractivity contribution < 1.29 is 14.3 Å². The molecule has 1 rings (SSSR count). The van der Waals surface area contributed by atoms with Crippen LogP contribution in [-0.4, -0.2) is 28.0 Å². The van der Waals surface area contributed by atoms with Crippen LogP contribution < -0.4 is 0 Å². The van der Waals surface area contributed by atoms with Gasteiger partial charge >= 0.3 is 5.97 Å². The van der Waals surface area contributed by atoms with Crippen LogP contribution in [0, 0.1) is 0 Å². The van der Waals surface area contributed by atoms with Crippen molar-refractivity contribution in [2.45, 2.75) is 13.8 Å². The van der Waals surface area contributed by atoms with Crippen molar-refractivity contribution >= 4 is 11.9 Å². The number of ether oxygens (including phenoxy) is 1. The molecule has 0 aliphatic rings. The van der Waals surface area contributed by atoms with Crippen LogP contribution in [-0.2, 0) is 4.74 Å². The number of aromatic nitrogens is 2. The number of esters is 1. The van der Waals surface area contributed by atoms with Crippen molar-refractivity contribution in [1.82, 2.24) is 9.55 Å². The lowest BCUT2D eigenvalue weighted by atomic mass is 10.5. The maximum absolute atomic E-state index is 11.1. The van der Waals surface area contributed by atoms with Crippen LogP contribution in [0.1, 0.15) is 29.1 Å². The average molecular weight is 182 g/mol. The zero-order valence-corrected chi connectivity index (χ0v) is 7.48. The SMILES string of the molecule is CCOC(=O)c1cn(C(C)=O)cn1. The summed E-state index contributed by atoms with van der Waals surface area (Å²) >= 11 is 0. The van der Waals surface area contributed by atoms with E-state index in [4.69, 9.17) is 4.74 Å². The van der Waals surface area contributed by atoms with E-state index in [0.29, 0.717) is 6.61 Å². The summed E-state index contributed by atoms with van der Waals surface area (Å²) in [7, 11) is 0. The molecule has 0 saturated carbocycles. The molecule has 0 bridgehead atoms. The number of carbonyl (C=O) groups excluding carboxylic acids is 2. The van der Waals surface area contributed by atoms with Crippen LogP contribution in [0.5, 0.6) is 0 Å². The van der Waals surface area contributed by atoms with Crippen molar-refractivity contribution in [3.8, 4) is 0 Å². The van der Waals surface area contributed by atoms with Crippen molar-refractivity contribution in [2.75, 3.05) is 6.61 Å². The first-order chi connectivity index (χ1) is 6.15. The Morgan fingerprint density at radius 2 is 2.31 bits per heavy atom. The molecule has 0 unspecified atom stereocenters. The van der Waals surface area contributed by atoms with E-state index in [-0.39, 0.29) is 11.6 Å². The molecule has 5 nitrogen and oxygen atoms in total. The third kappa shape index (κ3) is 2.14. The van der Waals surface area contributed by atoms with E-state index in [0.717, 1.165) is 0 Å². The van der Waals surface area contributed by atoms with E-state index in [1.165, 1.54) is 24.0 Å². The van der Waals surface area contributed by atoms with Crippen LogP contribution in [0.4, 0.5) is 0 Å². The second kappa shape index (κ2) is 3.84. The minimum Gasteiger partial charge on any atom is -0.461 e. The highest BCUT2D eigenvalue weighted by molar-refractivity contribution is 5.88. The maximum atomic E-state index is 11.1. The highest BCUT2D eigenvalue weighted by Gasteiger charge is 2.10. The summed E-state index contributed by atoms with van der Waals surface area (Å²) in [5.41, 5.74) is 0.150. The molecule has 13 heavy (non-hydrogen) atoms. The Morgan fingerprint density at radius 3 is 2.77 bits per heavy atom. The highest BCUT2D eigenvalue weighted by Crippen LogP contribution is 1.98. The van der Waals surface area contributed by atoms with E-state index in [9.17, 15) is 9.59 Å². The molecule has 0 spiro atoms. The molecule has 0 fully saturated rings. The molecule has 0 aliphatic heterocycles. The van der Waals surface area contributed by atoms with Gasteiger partial charge in [0.15, 0.2) is 5.69 Å². The zero-order valence-electron chi connectivity index (χ0n) is 7.48. The Bertz CT molecular complexity index is 330. The van der Waals surface area contributed by atoms with Crippen molar-refractivity contribution in [3.05, 3.63) is 18.2 Å². The van der Waals surface area contributed by atoms with E-state index in [2.05, 4.69) is 4.98 Å². The largest absolute Gasteiger partial charge is 0.461 e. The zero-order chi connectivity index (χ0) is 9.84. The minimum absolute atomic E-state index is 0.150. The van der Waals surface area contributed by atoms with E-state index >= 15 is 0 Å². The maximum Gasteiger partial charge on any atom is 0.358 e. The molecule has 0 aromatic carbocycles. The van der Waals surface area contributed by atoms with Gasteiger partial charge in [-0.3, -0.25) is 9.36 Å². The molecule has 0 amide bonds. The lowest BCUT2D eigenvalue weighted by molar-refractivity contribution is 0.0520. The number of hydrogen-bond acceptors (Lipinski definition) is 4. The van der Waals surface area contributed by atoms with Crippen LogP contribution >= 0.6 is 0 Å². The van der Waals surface area contributed by atoms with Gasteiger partial charge in [-0.15, -0.1) is 0 Å². The summed E-state index contributed by atoms with van der Waals surface area (Å²) in [4.78, 5) is 25.6. The molecular weight excluding hydrogens is 172 g/mol. The molecule has 1 aromatic heterocycles. The Labute approximate surface area is 75.3 Å². The predicted molar refractivity (Wildman–Crippen MR) is 44.5 cm³/mol. The summed E-state index contributed by atoms with van der Waals surface area (Å²) in [6.07, 6.45) is 2.63. The van der Waals surface area contributed by atoms with E-state index in [1.807, 2.05) is 0 Å². The quantitative estimate of drug-likeness (QED) is 0.632. The Kier molecular flexibility index (Phi) is 2.79. The summed E-state index contributed by atoms with van der Waals surface area (Å²) in [5.74, 6) is -0.703. The fraction of sp³-hybridized carbons (Fsp3) is 0.375. The highest BCUT2D eigenvalue weighted by atomic mass is 16.5. The lowest BCUT2D eigenvalue weighted by Crippen LogP contribution is -2.05. The molecule has 1 heterocycles. The molecule has 0 saturated heterocycles. The first-order valence-corrected chi connectivity index (χ1v) is 3.87. The molecule has 0 radical (unpaired) electrons.